The van der Waals surface area contributed by atoms with E-state index in [4.69, 9.17) is 0 Å². The summed E-state index contributed by atoms with van der Waals surface area (Å²) in [5.41, 5.74) is 0.445. The van der Waals surface area contributed by atoms with E-state index in [0.29, 0.717) is 17.4 Å². The lowest BCUT2D eigenvalue weighted by Crippen LogP contribution is -2.28. The third kappa shape index (κ3) is 1.04. The molecule has 0 N–H and O–H groups in total. The van der Waals surface area contributed by atoms with Crippen molar-refractivity contribution in [3.05, 3.63) is 24.3 Å². The summed E-state index contributed by atoms with van der Waals surface area (Å²) in [5.74, 6) is 0.715. The third-order valence-electron chi connectivity index (χ3n) is 3.17. The molecule has 2 rings (SSSR count). The first-order valence-corrected chi connectivity index (χ1v) is 4.66. The van der Waals surface area contributed by atoms with Crippen LogP contribution in [0.4, 0.5) is 0 Å². The Labute approximate surface area is 74.8 Å². The second-order valence-electron chi connectivity index (χ2n) is 4.69. The zero-order valence-corrected chi connectivity index (χ0v) is 8.12. The second kappa shape index (κ2) is 2.46. The Kier molecular flexibility index (Phi) is 1.65. The Morgan fingerprint density at radius 3 is 2.58 bits per heavy atom. The van der Waals surface area contributed by atoms with Gasteiger partial charge in [0.25, 0.3) is 0 Å². The number of likely N-dealkylation sites (tertiary alicyclic amines) is 1. The number of nitrogens with zero attached hydrogens (tertiary/aromatic N) is 1. The molecule has 1 aliphatic carbocycles. The standard InChI is InChI=1S/C11H17N/c1-11(2)8-12(3)10-7-5-4-6-9(10)11/h4-7,9-10H,8H2,1-3H3. The van der Waals surface area contributed by atoms with E-state index in [2.05, 4.69) is 50.1 Å². The average molecular weight is 163 g/mol. The van der Waals surface area contributed by atoms with Crippen LogP contribution in [0.5, 0.6) is 0 Å². The number of allylic oxidation sites excluding steroid dienone is 2. The first-order chi connectivity index (χ1) is 5.61. The molecule has 0 aromatic rings. The van der Waals surface area contributed by atoms with Gasteiger partial charge in [-0.1, -0.05) is 38.2 Å². The van der Waals surface area contributed by atoms with Crippen molar-refractivity contribution in [2.45, 2.75) is 19.9 Å². The molecule has 0 saturated carbocycles. The van der Waals surface area contributed by atoms with Crippen molar-refractivity contribution in [2.24, 2.45) is 11.3 Å². The highest BCUT2D eigenvalue weighted by Gasteiger charge is 2.42. The lowest BCUT2D eigenvalue weighted by atomic mass is 9.77. The third-order valence-corrected chi connectivity index (χ3v) is 3.17. The van der Waals surface area contributed by atoms with E-state index >= 15 is 0 Å². The van der Waals surface area contributed by atoms with E-state index < -0.39 is 0 Å². The van der Waals surface area contributed by atoms with Gasteiger partial charge in [-0.2, -0.15) is 0 Å². The minimum Gasteiger partial charge on any atom is -0.299 e. The number of hydrogen-bond donors (Lipinski definition) is 0. The highest BCUT2D eigenvalue weighted by molar-refractivity contribution is 5.22. The predicted molar refractivity (Wildman–Crippen MR) is 52.0 cm³/mol. The number of hydrogen-bond acceptors (Lipinski definition) is 1. The molecule has 1 fully saturated rings. The molecule has 12 heavy (non-hydrogen) atoms. The van der Waals surface area contributed by atoms with E-state index in [0.717, 1.165) is 0 Å². The van der Waals surface area contributed by atoms with Gasteiger partial charge in [-0.25, -0.2) is 0 Å². The van der Waals surface area contributed by atoms with Crippen molar-refractivity contribution in [3.8, 4) is 0 Å². The summed E-state index contributed by atoms with van der Waals surface area (Å²) >= 11 is 0. The Morgan fingerprint density at radius 2 is 1.92 bits per heavy atom. The predicted octanol–water partition coefficient (Wildman–Crippen LogP) is 2.07. The molecule has 0 amide bonds. The van der Waals surface area contributed by atoms with E-state index in [1.165, 1.54) is 6.54 Å². The number of fused-ring (bicyclic) bond motifs is 1. The lowest BCUT2D eigenvalue weighted by Gasteiger charge is -2.26. The minimum absolute atomic E-state index is 0.445. The largest absolute Gasteiger partial charge is 0.299 e. The fourth-order valence-corrected chi connectivity index (χ4v) is 2.59. The van der Waals surface area contributed by atoms with Gasteiger partial charge < -0.3 is 0 Å². The zero-order valence-electron chi connectivity index (χ0n) is 8.12. The molecule has 66 valence electrons. The van der Waals surface area contributed by atoms with Gasteiger partial charge in [-0.3, -0.25) is 4.90 Å². The summed E-state index contributed by atoms with van der Waals surface area (Å²) in [4.78, 5) is 2.45. The molecule has 1 saturated heterocycles. The molecule has 0 bridgehead atoms. The Hall–Kier alpha value is -0.560. The van der Waals surface area contributed by atoms with Crippen molar-refractivity contribution in [1.82, 2.24) is 4.90 Å². The van der Waals surface area contributed by atoms with Crippen LogP contribution in [0.15, 0.2) is 24.3 Å². The molecule has 2 atom stereocenters. The summed E-state index contributed by atoms with van der Waals surface area (Å²) in [5, 5.41) is 0. The van der Waals surface area contributed by atoms with Crippen LogP contribution in [0.25, 0.3) is 0 Å². The van der Waals surface area contributed by atoms with Gasteiger partial charge in [-0.05, 0) is 12.5 Å². The maximum absolute atomic E-state index is 2.45. The first kappa shape index (κ1) is 8.06. The highest BCUT2D eigenvalue weighted by Crippen LogP contribution is 2.41. The summed E-state index contributed by atoms with van der Waals surface area (Å²) in [7, 11) is 2.22. The van der Waals surface area contributed by atoms with Gasteiger partial charge in [0, 0.05) is 18.5 Å². The SMILES string of the molecule is CN1CC(C)(C)C2C=CC=CC21. The average Bonchev–Trinajstić information content (AvgIpc) is 2.25. The number of likely N-dealkylation sites (N-methyl/N-ethyl adjacent to an activating group) is 1. The molecule has 1 heterocycles. The van der Waals surface area contributed by atoms with Crippen molar-refractivity contribution >= 4 is 0 Å². The molecule has 0 aromatic heterocycles. The highest BCUT2D eigenvalue weighted by atomic mass is 15.2. The molecule has 0 radical (unpaired) electrons. The fraction of sp³-hybridized carbons (Fsp3) is 0.636. The van der Waals surface area contributed by atoms with Crippen LogP contribution in [0.3, 0.4) is 0 Å². The van der Waals surface area contributed by atoms with Crippen molar-refractivity contribution < 1.29 is 0 Å². The molecule has 1 nitrogen and oxygen atoms in total. The van der Waals surface area contributed by atoms with Crippen LogP contribution in [-0.4, -0.2) is 24.5 Å². The van der Waals surface area contributed by atoms with Gasteiger partial charge in [0.05, 0.1) is 0 Å². The summed E-state index contributed by atoms with van der Waals surface area (Å²) < 4.78 is 0. The summed E-state index contributed by atoms with van der Waals surface area (Å²) in [6.07, 6.45) is 9.02. The van der Waals surface area contributed by atoms with Crippen LogP contribution < -0.4 is 0 Å². The topological polar surface area (TPSA) is 3.24 Å². The maximum Gasteiger partial charge on any atom is 0.0346 e. The summed E-state index contributed by atoms with van der Waals surface area (Å²) in [6, 6.07) is 0.644. The Balaban J connectivity index is 2.30. The fourth-order valence-electron chi connectivity index (χ4n) is 2.59. The van der Waals surface area contributed by atoms with E-state index in [1.54, 1.807) is 0 Å². The van der Waals surface area contributed by atoms with Crippen LogP contribution in [0.2, 0.25) is 0 Å². The van der Waals surface area contributed by atoms with E-state index in [9.17, 15) is 0 Å². The van der Waals surface area contributed by atoms with Gasteiger partial charge in [0.15, 0.2) is 0 Å². The van der Waals surface area contributed by atoms with Crippen molar-refractivity contribution in [1.29, 1.82) is 0 Å². The van der Waals surface area contributed by atoms with Gasteiger partial charge >= 0.3 is 0 Å². The first-order valence-electron chi connectivity index (χ1n) is 4.66. The zero-order chi connectivity index (χ0) is 8.77. The Morgan fingerprint density at radius 1 is 1.25 bits per heavy atom. The summed E-state index contributed by atoms with van der Waals surface area (Å²) in [6.45, 7) is 5.92. The van der Waals surface area contributed by atoms with Crippen LogP contribution in [0.1, 0.15) is 13.8 Å². The molecule has 2 aliphatic rings. The molecule has 1 aliphatic heterocycles. The minimum atomic E-state index is 0.445. The maximum atomic E-state index is 2.45. The molecular weight excluding hydrogens is 146 g/mol. The van der Waals surface area contributed by atoms with Gasteiger partial charge in [0.1, 0.15) is 0 Å². The monoisotopic (exact) mass is 163 g/mol. The van der Waals surface area contributed by atoms with Crippen molar-refractivity contribution in [3.63, 3.8) is 0 Å². The molecule has 2 unspecified atom stereocenters. The van der Waals surface area contributed by atoms with Crippen molar-refractivity contribution in [2.75, 3.05) is 13.6 Å². The molecule has 1 heteroatoms. The van der Waals surface area contributed by atoms with Crippen LogP contribution >= 0.6 is 0 Å². The quantitative estimate of drug-likeness (QED) is 0.528. The normalized spacial score (nSPS) is 38.6. The molecular formula is C11H17N. The van der Waals surface area contributed by atoms with E-state index in [1.807, 2.05) is 0 Å². The molecule has 0 spiro atoms. The van der Waals surface area contributed by atoms with Gasteiger partial charge in [-0.15, -0.1) is 0 Å². The van der Waals surface area contributed by atoms with E-state index in [-0.39, 0.29) is 0 Å². The second-order valence-corrected chi connectivity index (χ2v) is 4.69. The number of rotatable bonds is 0. The van der Waals surface area contributed by atoms with Gasteiger partial charge in [0.2, 0.25) is 0 Å². The van der Waals surface area contributed by atoms with Crippen LogP contribution in [0, 0.1) is 11.3 Å². The van der Waals surface area contributed by atoms with Crippen LogP contribution in [-0.2, 0) is 0 Å². The molecule has 0 aromatic carbocycles. The lowest BCUT2D eigenvalue weighted by molar-refractivity contribution is 0.313. The Bertz CT molecular complexity index is 237. The smallest absolute Gasteiger partial charge is 0.0346 e.